The molecule has 2 N–H and O–H groups in total. The predicted molar refractivity (Wildman–Crippen MR) is 67.5 cm³/mol. The van der Waals surface area contributed by atoms with Gasteiger partial charge in [-0.05, 0) is 12.8 Å². The van der Waals surface area contributed by atoms with E-state index in [2.05, 4.69) is 10.1 Å². The van der Waals surface area contributed by atoms with Crippen molar-refractivity contribution in [3.05, 3.63) is 11.7 Å². The highest BCUT2D eigenvalue weighted by molar-refractivity contribution is 4.99. The molecule has 1 aliphatic carbocycles. The summed E-state index contributed by atoms with van der Waals surface area (Å²) in [4.78, 5) is 4.41. The smallest absolute Gasteiger partial charge is 0.228 e. The first-order valence-electron chi connectivity index (χ1n) is 7.06. The molecule has 0 bridgehead atoms. The van der Waals surface area contributed by atoms with Gasteiger partial charge in [-0.25, -0.2) is 0 Å². The summed E-state index contributed by atoms with van der Waals surface area (Å²) in [5, 5.41) is 3.99. The number of nitrogens with two attached hydrogens (primary N) is 1. The lowest BCUT2D eigenvalue weighted by Gasteiger charge is -2.31. The molecule has 106 valence electrons. The molecule has 2 fully saturated rings. The Bertz CT molecular complexity index is 409. The van der Waals surface area contributed by atoms with Crippen LogP contribution >= 0.6 is 0 Å². The number of hydrogen-bond donors (Lipinski definition) is 1. The van der Waals surface area contributed by atoms with Crippen molar-refractivity contribution in [1.29, 1.82) is 0 Å². The van der Waals surface area contributed by atoms with Crippen molar-refractivity contribution in [2.45, 2.75) is 50.2 Å². The first kappa shape index (κ1) is 13.0. The van der Waals surface area contributed by atoms with Crippen molar-refractivity contribution < 1.29 is 14.0 Å². The van der Waals surface area contributed by atoms with Gasteiger partial charge >= 0.3 is 0 Å². The highest BCUT2D eigenvalue weighted by atomic mass is 16.6. The number of hydrogen-bond acceptors (Lipinski definition) is 6. The van der Waals surface area contributed by atoms with Gasteiger partial charge in [0.05, 0.1) is 19.8 Å². The average Bonchev–Trinajstić information content (AvgIpc) is 2.88. The number of rotatable bonds is 3. The predicted octanol–water partition coefficient (Wildman–Crippen LogP) is 1.36. The summed E-state index contributed by atoms with van der Waals surface area (Å²) in [6.45, 7) is 1.70. The minimum absolute atomic E-state index is 0.175. The second-order valence-corrected chi connectivity index (χ2v) is 5.58. The zero-order chi connectivity index (χ0) is 13.1. The monoisotopic (exact) mass is 267 g/mol. The third-order valence-electron chi connectivity index (χ3n) is 3.94. The van der Waals surface area contributed by atoms with E-state index in [4.69, 9.17) is 19.7 Å². The van der Waals surface area contributed by atoms with Crippen molar-refractivity contribution in [1.82, 2.24) is 10.1 Å². The molecule has 0 amide bonds. The fourth-order valence-electron chi connectivity index (χ4n) is 2.84. The third kappa shape index (κ3) is 3.13. The van der Waals surface area contributed by atoms with Crippen LogP contribution in [-0.4, -0.2) is 35.5 Å². The molecular formula is C13H21N3O3. The largest absolute Gasteiger partial charge is 0.376 e. The van der Waals surface area contributed by atoms with Crippen LogP contribution in [0.5, 0.6) is 0 Å². The molecule has 1 atom stereocenters. The molecule has 0 spiro atoms. The van der Waals surface area contributed by atoms with E-state index in [1.54, 1.807) is 0 Å². The van der Waals surface area contributed by atoms with Gasteiger partial charge in [0.2, 0.25) is 11.7 Å². The van der Waals surface area contributed by atoms with E-state index in [1.165, 1.54) is 19.3 Å². The number of aromatic nitrogens is 2. The van der Waals surface area contributed by atoms with Crippen molar-refractivity contribution in [2.24, 2.45) is 5.73 Å². The molecule has 0 radical (unpaired) electrons. The van der Waals surface area contributed by atoms with E-state index in [-0.39, 0.29) is 11.6 Å². The zero-order valence-corrected chi connectivity index (χ0v) is 11.1. The molecule has 0 aromatic carbocycles. The summed E-state index contributed by atoms with van der Waals surface area (Å²) in [6, 6.07) is 0. The Balaban J connectivity index is 1.63. The van der Waals surface area contributed by atoms with Crippen molar-refractivity contribution >= 4 is 0 Å². The normalized spacial score (nSPS) is 27.3. The van der Waals surface area contributed by atoms with Gasteiger partial charge in [-0.1, -0.05) is 24.4 Å². The zero-order valence-electron chi connectivity index (χ0n) is 11.1. The molecule has 2 aliphatic rings. The standard InChI is InChI=1S/C13H21N3O3/c14-13(4-2-1-3-5-13)8-11-15-12(16-19-11)10-9-17-6-7-18-10/h10H,1-9,14H2. The molecule has 1 unspecified atom stereocenters. The fraction of sp³-hybridized carbons (Fsp3) is 0.846. The molecular weight excluding hydrogens is 246 g/mol. The minimum atomic E-state index is -0.202. The molecule has 2 heterocycles. The van der Waals surface area contributed by atoms with Gasteiger partial charge in [-0.3, -0.25) is 0 Å². The van der Waals surface area contributed by atoms with Crippen molar-refractivity contribution in [2.75, 3.05) is 19.8 Å². The van der Waals surface area contributed by atoms with Gasteiger partial charge in [0.1, 0.15) is 6.10 Å². The first-order valence-corrected chi connectivity index (χ1v) is 7.06. The molecule has 3 rings (SSSR count). The van der Waals surface area contributed by atoms with Gasteiger partial charge in [0, 0.05) is 12.0 Å². The van der Waals surface area contributed by atoms with Crippen LogP contribution in [0.2, 0.25) is 0 Å². The van der Waals surface area contributed by atoms with Crippen LogP contribution in [0.15, 0.2) is 4.52 Å². The van der Waals surface area contributed by atoms with Crippen LogP contribution in [0.1, 0.15) is 49.9 Å². The lowest BCUT2D eigenvalue weighted by molar-refractivity contribution is -0.0941. The lowest BCUT2D eigenvalue weighted by atomic mass is 9.80. The Morgan fingerprint density at radius 2 is 2.05 bits per heavy atom. The minimum Gasteiger partial charge on any atom is -0.376 e. The Morgan fingerprint density at radius 3 is 2.79 bits per heavy atom. The Hall–Kier alpha value is -0.980. The van der Waals surface area contributed by atoms with E-state index < -0.39 is 0 Å². The van der Waals surface area contributed by atoms with E-state index >= 15 is 0 Å². The highest BCUT2D eigenvalue weighted by Crippen LogP contribution is 2.29. The summed E-state index contributed by atoms with van der Waals surface area (Å²) >= 11 is 0. The topological polar surface area (TPSA) is 83.4 Å². The summed E-state index contributed by atoms with van der Waals surface area (Å²) in [7, 11) is 0. The lowest BCUT2D eigenvalue weighted by Crippen LogP contribution is -2.43. The number of ether oxygens (including phenoxy) is 2. The second-order valence-electron chi connectivity index (χ2n) is 5.58. The highest BCUT2D eigenvalue weighted by Gasteiger charge is 2.31. The second kappa shape index (κ2) is 5.56. The molecule has 1 saturated carbocycles. The molecule has 6 heteroatoms. The van der Waals surface area contributed by atoms with E-state index in [0.717, 1.165) is 12.8 Å². The van der Waals surface area contributed by atoms with Crippen LogP contribution in [0.25, 0.3) is 0 Å². The van der Waals surface area contributed by atoms with E-state index in [0.29, 0.717) is 38.0 Å². The van der Waals surface area contributed by atoms with Crippen molar-refractivity contribution in [3.8, 4) is 0 Å². The van der Waals surface area contributed by atoms with Crippen molar-refractivity contribution in [3.63, 3.8) is 0 Å². The van der Waals surface area contributed by atoms with Gasteiger partial charge in [-0.15, -0.1) is 0 Å². The molecule has 1 aromatic heterocycles. The van der Waals surface area contributed by atoms with Gasteiger partial charge < -0.3 is 19.7 Å². The van der Waals surface area contributed by atoms with Gasteiger partial charge in [0.25, 0.3) is 0 Å². The number of nitrogens with zero attached hydrogens (tertiary/aromatic N) is 2. The van der Waals surface area contributed by atoms with Gasteiger partial charge in [-0.2, -0.15) is 4.98 Å². The first-order chi connectivity index (χ1) is 9.25. The molecule has 1 aliphatic heterocycles. The SMILES string of the molecule is NC1(Cc2nc(C3COCCO3)no2)CCCCC1. The van der Waals surface area contributed by atoms with Crippen LogP contribution in [0.4, 0.5) is 0 Å². The third-order valence-corrected chi connectivity index (χ3v) is 3.94. The Labute approximate surface area is 112 Å². The van der Waals surface area contributed by atoms with Crippen LogP contribution in [-0.2, 0) is 15.9 Å². The maximum Gasteiger partial charge on any atom is 0.228 e. The Morgan fingerprint density at radius 1 is 1.21 bits per heavy atom. The van der Waals surface area contributed by atoms with Crippen LogP contribution < -0.4 is 5.73 Å². The molecule has 6 nitrogen and oxygen atoms in total. The van der Waals surface area contributed by atoms with E-state index in [1.807, 2.05) is 0 Å². The summed E-state index contributed by atoms with van der Waals surface area (Å²) in [5.41, 5.74) is 6.22. The van der Waals surface area contributed by atoms with Crippen LogP contribution in [0.3, 0.4) is 0 Å². The fourth-order valence-corrected chi connectivity index (χ4v) is 2.84. The summed E-state index contributed by atoms with van der Waals surface area (Å²) < 4.78 is 16.2. The van der Waals surface area contributed by atoms with Gasteiger partial charge in [0.15, 0.2) is 0 Å². The molecule has 1 saturated heterocycles. The maximum absolute atomic E-state index is 6.40. The maximum atomic E-state index is 6.40. The average molecular weight is 267 g/mol. The molecule has 1 aromatic rings. The van der Waals surface area contributed by atoms with Crippen LogP contribution in [0, 0.1) is 0 Å². The molecule has 19 heavy (non-hydrogen) atoms. The Kier molecular flexibility index (Phi) is 3.81. The summed E-state index contributed by atoms with van der Waals surface area (Å²) in [5.74, 6) is 1.20. The summed E-state index contributed by atoms with van der Waals surface area (Å²) in [6.07, 6.45) is 6.19. The quantitative estimate of drug-likeness (QED) is 0.890. The van der Waals surface area contributed by atoms with E-state index in [9.17, 15) is 0 Å².